The minimum absolute atomic E-state index is 0.265. The van der Waals surface area contributed by atoms with E-state index < -0.39 is 0 Å². The van der Waals surface area contributed by atoms with Crippen molar-refractivity contribution in [2.24, 2.45) is 11.8 Å². The van der Waals surface area contributed by atoms with Crippen molar-refractivity contribution in [1.82, 2.24) is 4.98 Å². The van der Waals surface area contributed by atoms with E-state index in [2.05, 4.69) is 24.0 Å². The molecule has 5 heteroatoms. The van der Waals surface area contributed by atoms with Crippen molar-refractivity contribution >= 4 is 23.1 Å². The molecular weight excluding hydrogens is 308 g/mol. The molecule has 0 amide bonds. The zero-order valence-corrected chi connectivity index (χ0v) is 14.2. The number of aromatic nitrogens is 1. The Morgan fingerprint density at radius 1 is 1.39 bits per heavy atom. The molecular formula is C18H20N2O2S. The van der Waals surface area contributed by atoms with Crippen LogP contribution in [0.3, 0.4) is 0 Å². The molecule has 0 aromatic carbocycles. The summed E-state index contributed by atoms with van der Waals surface area (Å²) in [6.45, 7) is 4.41. The second kappa shape index (κ2) is 5.64. The van der Waals surface area contributed by atoms with Crippen LogP contribution in [0.15, 0.2) is 23.6 Å². The van der Waals surface area contributed by atoms with Crippen LogP contribution in [0.25, 0.3) is 0 Å². The third-order valence-corrected chi connectivity index (χ3v) is 5.88. The van der Waals surface area contributed by atoms with Gasteiger partial charge in [-0.25, -0.2) is 9.78 Å². The van der Waals surface area contributed by atoms with Crippen LogP contribution >= 0.6 is 11.3 Å². The Morgan fingerprint density at radius 2 is 2.17 bits per heavy atom. The summed E-state index contributed by atoms with van der Waals surface area (Å²) in [4.78, 5) is 19.4. The van der Waals surface area contributed by atoms with Crippen molar-refractivity contribution in [3.05, 3.63) is 45.3 Å². The number of nitrogens with zero attached hydrogens (tertiary/aromatic N) is 2. The van der Waals surface area contributed by atoms with Crippen molar-refractivity contribution in [3.63, 3.8) is 0 Å². The fraction of sp³-hybridized carbons (Fsp3) is 0.444. The number of hydrogen-bond acceptors (Lipinski definition) is 5. The van der Waals surface area contributed by atoms with Crippen molar-refractivity contribution in [3.8, 4) is 0 Å². The van der Waals surface area contributed by atoms with Crippen LogP contribution in [0.1, 0.15) is 32.9 Å². The zero-order chi connectivity index (χ0) is 16.0. The monoisotopic (exact) mass is 328 g/mol. The zero-order valence-electron chi connectivity index (χ0n) is 13.4. The molecule has 1 aliphatic carbocycles. The predicted octanol–water partition coefficient (Wildman–Crippen LogP) is 3.29. The maximum absolute atomic E-state index is 11.5. The molecule has 2 atom stereocenters. The Hall–Kier alpha value is -1.88. The molecule has 2 aromatic heterocycles. The molecule has 0 bridgehead atoms. The minimum atomic E-state index is -0.265. The van der Waals surface area contributed by atoms with Crippen molar-refractivity contribution < 1.29 is 9.53 Å². The van der Waals surface area contributed by atoms with Crippen LogP contribution in [0.5, 0.6) is 0 Å². The summed E-state index contributed by atoms with van der Waals surface area (Å²) in [5.74, 6) is 2.68. The molecule has 2 unspecified atom stereocenters. The fourth-order valence-electron chi connectivity index (χ4n) is 3.42. The average Bonchev–Trinajstić information content (AvgIpc) is 2.98. The van der Waals surface area contributed by atoms with Crippen LogP contribution in [-0.2, 0) is 11.2 Å². The van der Waals surface area contributed by atoms with E-state index in [1.165, 1.54) is 43.5 Å². The van der Waals surface area contributed by atoms with E-state index in [0.717, 1.165) is 35.3 Å². The number of ether oxygens (including phenoxy) is 1. The lowest BCUT2D eigenvalue weighted by Crippen LogP contribution is -2.23. The van der Waals surface area contributed by atoms with E-state index in [-0.39, 0.29) is 5.97 Å². The first kappa shape index (κ1) is 14.7. The summed E-state index contributed by atoms with van der Waals surface area (Å²) in [5, 5.41) is 2.02. The summed E-state index contributed by atoms with van der Waals surface area (Å²) < 4.78 is 4.76. The first-order valence-electron chi connectivity index (χ1n) is 8.01. The SMILES string of the molecule is COC(=O)c1cc(Cc2ccc(N3CC4CC4C3)nc2C)cs1. The van der Waals surface area contributed by atoms with Gasteiger partial charge in [0.15, 0.2) is 0 Å². The molecule has 1 aliphatic heterocycles. The summed E-state index contributed by atoms with van der Waals surface area (Å²) in [5.41, 5.74) is 3.43. The van der Waals surface area contributed by atoms with Gasteiger partial charge in [0.25, 0.3) is 0 Å². The van der Waals surface area contributed by atoms with Gasteiger partial charge in [0.2, 0.25) is 0 Å². The Bertz CT molecular complexity index is 745. The van der Waals surface area contributed by atoms with Crippen LogP contribution in [0.4, 0.5) is 5.82 Å². The van der Waals surface area contributed by atoms with Crippen molar-refractivity contribution in [1.29, 1.82) is 0 Å². The molecule has 120 valence electrons. The lowest BCUT2D eigenvalue weighted by atomic mass is 10.1. The maximum atomic E-state index is 11.5. The van der Waals surface area contributed by atoms with Crippen LogP contribution in [0, 0.1) is 18.8 Å². The number of piperidine rings is 1. The van der Waals surface area contributed by atoms with Crippen LogP contribution < -0.4 is 4.90 Å². The van der Waals surface area contributed by atoms with E-state index in [9.17, 15) is 4.79 Å². The van der Waals surface area contributed by atoms with Gasteiger partial charge in [0.05, 0.1) is 7.11 Å². The number of carbonyl (C=O) groups excluding carboxylic acids is 1. The normalized spacial score (nSPS) is 22.1. The molecule has 4 rings (SSSR count). The number of carbonyl (C=O) groups is 1. The number of esters is 1. The molecule has 0 spiro atoms. The van der Waals surface area contributed by atoms with E-state index in [0.29, 0.717) is 4.88 Å². The maximum Gasteiger partial charge on any atom is 0.348 e. The molecule has 3 heterocycles. The van der Waals surface area contributed by atoms with Gasteiger partial charge in [0, 0.05) is 25.2 Å². The van der Waals surface area contributed by atoms with Gasteiger partial charge in [0.1, 0.15) is 10.7 Å². The first-order valence-corrected chi connectivity index (χ1v) is 8.89. The number of pyridine rings is 1. The van der Waals surface area contributed by atoms with Gasteiger partial charge in [-0.3, -0.25) is 0 Å². The van der Waals surface area contributed by atoms with Crippen LogP contribution in [0.2, 0.25) is 0 Å². The highest BCUT2D eigenvalue weighted by Gasteiger charge is 2.45. The number of methoxy groups -OCH3 is 1. The molecule has 0 radical (unpaired) electrons. The highest BCUT2D eigenvalue weighted by Crippen LogP contribution is 2.45. The van der Waals surface area contributed by atoms with E-state index in [1.807, 2.05) is 11.4 Å². The highest BCUT2D eigenvalue weighted by atomic mass is 32.1. The third-order valence-electron chi connectivity index (χ3n) is 4.92. The van der Waals surface area contributed by atoms with Gasteiger partial charge in [-0.05, 0) is 53.8 Å². The molecule has 1 saturated carbocycles. The Kier molecular flexibility index (Phi) is 3.60. The molecule has 4 nitrogen and oxygen atoms in total. The molecule has 0 N–H and O–H groups in total. The van der Waals surface area contributed by atoms with Gasteiger partial charge in [-0.2, -0.15) is 0 Å². The predicted molar refractivity (Wildman–Crippen MR) is 91.2 cm³/mol. The summed E-state index contributed by atoms with van der Waals surface area (Å²) in [7, 11) is 1.41. The number of thiophene rings is 1. The fourth-order valence-corrected chi connectivity index (χ4v) is 4.25. The summed E-state index contributed by atoms with van der Waals surface area (Å²) in [6, 6.07) is 6.23. The van der Waals surface area contributed by atoms with Crippen molar-refractivity contribution in [2.75, 3.05) is 25.1 Å². The molecule has 2 fully saturated rings. The Balaban J connectivity index is 1.48. The number of rotatable bonds is 4. The molecule has 2 aromatic rings. The number of aryl methyl sites for hydroxylation is 1. The van der Waals surface area contributed by atoms with Gasteiger partial charge in [-0.15, -0.1) is 11.3 Å². The average molecular weight is 328 g/mol. The van der Waals surface area contributed by atoms with E-state index in [1.54, 1.807) is 0 Å². The second-order valence-corrected chi connectivity index (χ2v) is 7.47. The van der Waals surface area contributed by atoms with E-state index >= 15 is 0 Å². The third kappa shape index (κ3) is 2.85. The topological polar surface area (TPSA) is 42.4 Å². The van der Waals surface area contributed by atoms with Gasteiger partial charge < -0.3 is 9.64 Å². The van der Waals surface area contributed by atoms with Gasteiger partial charge >= 0.3 is 5.97 Å². The minimum Gasteiger partial charge on any atom is -0.465 e. The molecule has 1 saturated heterocycles. The highest BCUT2D eigenvalue weighted by molar-refractivity contribution is 7.12. The Morgan fingerprint density at radius 3 is 2.87 bits per heavy atom. The number of anilines is 1. The standard InChI is InChI=1S/C18H20N2O2S/c1-11-13(5-12-6-16(23-10-12)18(21)22-2)3-4-17(19-11)20-8-14-7-15(14)9-20/h3-4,6,10,14-15H,5,7-9H2,1-2H3. The van der Waals surface area contributed by atoms with E-state index in [4.69, 9.17) is 9.72 Å². The molecule has 23 heavy (non-hydrogen) atoms. The Labute approximate surface area is 140 Å². The number of fused-ring (bicyclic) bond motifs is 1. The smallest absolute Gasteiger partial charge is 0.348 e. The van der Waals surface area contributed by atoms with Gasteiger partial charge in [-0.1, -0.05) is 6.07 Å². The summed E-state index contributed by atoms with van der Waals surface area (Å²) >= 11 is 1.43. The van der Waals surface area contributed by atoms with Crippen molar-refractivity contribution in [2.45, 2.75) is 19.8 Å². The molecule has 2 aliphatic rings. The summed E-state index contributed by atoms with van der Waals surface area (Å²) in [6.07, 6.45) is 2.21. The lowest BCUT2D eigenvalue weighted by Gasteiger charge is -2.20. The number of hydrogen-bond donors (Lipinski definition) is 0. The first-order chi connectivity index (χ1) is 11.1. The lowest BCUT2D eigenvalue weighted by molar-refractivity contribution is 0.0606. The second-order valence-electron chi connectivity index (χ2n) is 6.56. The van der Waals surface area contributed by atoms with Crippen LogP contribution in [-0.4, -0.2) is 31.2 Å². The largest absolute Gasteiger partial charge is 0.465 e. The quantitative estimate of drug-likeness (QED) is 0.808.